The molecular weight excluding hydrogens is 296 g/mol. The fourth-order valence-corrected chi connectivity index (χ4v) is 2.69. The molecular formula is C16H24N4O3. The maximum Gasteiger partial charge on any atom is 0.319 e. The molecule has 2 rings (SSSR count). The van der Waals surface area contributed by atoms with Crippen LogP contribution in [-0.4, -0.2) is 78.1 Å². The van der Waals surface area contributed by atoms with E-state index in [1.54, 1.807) is 31.1 Å². The zero-order valence-electron chi connectivity index (χ0n) is 13.6. The highest BCUT2D eigenvalue weighted by Crippen LogP contribution is 2.11. The van der Waals surface area contributed by atoms with E-state index in [0.717, 1.165) is 5.56 Å². The Balaban J connectivity index is 1.98. The highest BCUT2D eigenvalue weighted by Gasteiger charge is 2.25. The van der Waals surface area contributed by atoms with E-state index in [1.165, 1.54) is 4.90 Å². The van der Waals surface area contributed by atoms with E-state index in [1.807, 2.05) is 12.1 Å². The molecule has 23 heavy (non-hydrogen) atoms. The highest BCUT2D eigenvalue weighted by atomic mass is 16.3. The van der Waals surface area contributed by atoms with Crippen LogP contribution in [0.25, 0.3) is 0 Å². The third kappa shape index (κ3) is 4.67. The lowest BCUT2D eigenvalue weighted by Crippen LogP contribution is -2.43. The van der Waals surface area contributed by atoms with E-state index < -0.39 is 12.0 Å². The van der Waals surface area contributed by atoms with Crippen molar-refractivity contribution in [3.05, 3.63) is 35.4 Å². The number of aliphatic hydroxyl groups is 1. The summed E-state index contributed by atoms with van der Waals surface area (Å²) in [6, 6.07) is 7.04. The molecule has 3 N–H and O–H groups in total. The van der Waals surface area contributed by atoms with Crippen LogP contribution in [0.3, 0.4) is 0 Å². The van der Waals surface area contributed by atoms with Crippen LogP contribution in [0.5, 0.6) is 0 Å². The Labute approximate surface area is 136 Å². The molecule has 0 saturated carbocycles. The second kappa shape index (κ2) is 7.43. The van der Waals surface area contributed by atoms with Gasteiger partial charge in [0, 0.05) is 52.4 Å². The minimum Gasteiger partial charge on any atom is -0.390 e. The Bertz CT molecular complexity index is 559. The van der Waals surface area contributed by atoms with Crippen LogP contribution in [0, 0.1) is 0 Å². The molecule has 1 aromatic rings. The minimum atomic E-state index is -0.578. The summed E-state index contributed by atoms with van der Waals surface area (Å²) in [5, 5.41) is 10.1. The molecule has 1 saturated heterocycles. The second-order valence-electron chi connectivity index (χ2n) is 6.07. The molecule has 1 aliphatic heterocycles. The average molecular weight is 320 g/mol. The molecule has 0 aromatic heterocycles. The van der Waals surface area contributed by atoms with E-state index in [0.29, 0.717) is 38.3 Å². The van der Waals surface area contributed by atoms with Crippen molar-refractivity contribution in [2.75, 3.05) is 40.3 Å². The van der Waals surface area contributed by atoms with E-state index in [9.17, 15) is 14.7 Å². The summed E-state index contributed by atoms with van der Waals surface area (Å²) in [5.74, 6) is -0.445. The predicted molar refractivity (Wildman–Crippen MR) is 86.9 cm³/mol. The molecule has 0 aliphatic carbocycles. The average Bonchev–Trinajstić information content (AvgIpc) is 2.68. The molecule has 1 aliphatic rings. The number of β-amino-alcohol motifs (C(OH)–C–C–N with tert-alkyl or cyclic N) is 1. The van der Waals surface area contributed by atoms with Gasteiger partial charge in [-0.2, -0.15) is 0 Å². The summed E-state index contributed by atoms with van der Waals surface area (Å²) in [4.78, 5) is 28.4. The van der Waals surface area contributed by atoms with Gasteiger partial charge in [0.1, 0.15) is 0 Å². The van der Waals surface area contributed by atoms with Gasteiger partial charge in [0.25, 0.3) is 0 Å². The maximum atomic E-state index is 12.0. The van der Waals surface area contributed by atoms with Gasteiger partial charge >= 0.3 is 6.03 Å². The number of carbonyl (C=O) groups is 2. The predicted octanol–water partition coefficient (Wildman–Crippen LogP) is -0.0544. The van der Waals surface area contributed by atoms with Crippen LogP contribution in [0.4, 0.5) is 4.79 Å². The fourth-order valence-electron chi connectivity index (χ4n) is 2.69. The van der Waals surface area contributed by atoms with Crippen molar-refractivity contribution in [3.8, 4) is 0 Å². The molecule has 7 heteroatoms. The Morgan fingerprint density at radius 1 is 1.22 bits per heavy atom. The SMILES string of the molecule is CN(C)C(=O)N1CCN(Cc2ccc(C(N)=O)cc2)C[C@@H](O)C1. The van der Waals surface area contributed by atoms with Gasteiger partial charge in [-0.25, -0.2) is 4.79 Å². The number of primary amides is 1. The largest absolute Gasteiger partial charge is 0.390 e. The van der Waals surface area contributed by atoms with Crippen LogP contribution in [0.15, 0.2) is 24.3 Å². The Hall–Kier alpha value is -2.12. The standard InChI is InChI=1S/C16H24N4O3/c1-18(2)16(23)20-8-7-19(10-14(21)11-20)9-12-3-5-13(6-4-12)15(17)22/h3-6,14,21H,7-11H2,1-2H3,(H2,17,22)/t14-/m1/s1. The molecule has 1 aromatic carbocycles. The number of hydrogen-bond donors (Lipinski definition) is 2. The normalized spacial score (nSPS) is 19.3. The zero-order valence-corrected chi connectivity index (χ0v) is 13.6. The molecule has 0 spiro atoms. The summed E-state index contributed by atoms with van der Waals surface area (Å²) in [7, 11) is 3.41. The molecule has 0 bridgehead atoms. The molecule has 1 fully saturated rings. The van der Waals surface area contributed by atoms with Gasteiger partial charge in [-0.05, 0) is 17.7 Å². The van der Waals surface area contributed by atoms with Crippen LogP contribution >= 0.6 is 0 Å². The number of carbonyl (C=O) groups excluding carboxylic acids is 2. The van der Waals surface area contributed by atoms with Crippen LogP contribution in [0.2, 0.25) is 0 Å². The highest BCUT2D eigenvalue weighted by molar-refractivity contribution is 5.92. The van der Waals surface area contributed by atoms with Gasteiger partial charge < -0.3 is 20.6 Å². The summed E-state index contributed by atoms with van der Waals surface area (Å²) in [6.07, 6.45) is -0.578. The van der Waals surface area contributed by atoms with Crippen molar-refractivity contribution in [3.63, 3.8) is 0 Å². The summed E-state index contributed by atoms with van der Waals surface area (Å²) < 4.78 is 0. The number of rotatable bonds is 3. The summed E-state index contributed by atoms with van der Waals surface area (Å²) in [5.41, 5.74) is 6.75. The van der Waals surface area contributed by atoms with Gasteiger partial charge in [-0.15, -0.1) is 0 Å². The van der Waals surface area contributed by atoms with Crippen LogP contribution in [-0.2, 0) is 6.54 Å². The van der Waals surface area contributed by atoms with Gasteiger partial charge in [0.15, 0.2) is 0 Å². The smallest absolute Gasteiger partial charge is 0.319 e. The second-order valence-corrected chi connectivity index (χ2v) is 6.07. The third-order valence-electron chi connectivity index (χ3n) is 3.88. The molecule has 1 atom stereocenters. The number of amides is 3. The number of urea groups is 1. The van der Waals surface area contributed by atoms with Gasteiger partial charge in [0.05, 0.1) is 6.10 Å². The van der Waals surface area contributed by atoms with Crippen molar-refractivity contribution in [2.24, 2.45) is 5.73 Å². The molecule has 0 unspecified atom stereocenters. The topological polar surface area (TPSA) is 90.1 Å². The summed E-state index contributed by atoms with van der Waals surface area (Å²) in [6.45, 7) is 2.77. The molecule has 7 nitrogen and oxygen atoms in total. The Morgan fingerprint density at radius 2 is 1.87 bits per heavy atom. The number of benzene rings is 1. The van der Waals surface area contributed by atoms with Crippen molar-refractivity contribution in [1.29, 1.82) is 0 Å². The first-order valence-electron chi connectivity index (χ1n) is 7.62. The lowest BCUT2D eigenvalue weighted by Gasteiger charge is -2.25. The van der Waals surface area contributed by atoms with E-state index in [2.05, 4.69) is 4.90 Å². The molecule has 1 heterocycles. The van der Waals surface area contributed by atoms with Gasteiger partial charge in [-0.3, -0.25) is 9.69 Å². The van der Waals surface area contributed by atoms with E-state index in [4.69, 9.17) is 5.73 Å². The summed E-state index contributed by atoms with van der Waals surface area (Å²) >= 11 is 0. The molecule has 0 radical (unpaired) electrons. The Morgan fingerprint density at radius 3 is 2.43 bits per heavy atom. The number of nitrogens with zero attached hydrogens (tertiary/aromatic N) is 3. The van der Waals surface area contributed by atoms with Crippen LogP contribution < -0.4 is 5.73 Å². The van der Waals surface area contributed by atoms with Crippen molar-refractivity contribution in [1.82, 2.24) is 14.7 Å². The first kappa shape index (κ1) is 17.2. The lowest BCUT2D eigenvalue weighted by atomic mass is 10.1. The van der Waals surface area contributed by atoms with E-state index >= 15 is 0 Å². The first-order valence-corrected chi connectivity index (χ1v) is 7.62. The number of aliphatic hydroxyl groups excluding tert-OH is 1. The quantitative estimate of drug-likeness (QED) is 0.817. The van der Waals surface area contributed by atoms with Crippen molar-refractivity contribution in [2.45, 2.75) is 12.6 Å². The number of nitrogens with two attached hydrogens (primary N) is 1. The monoisotopic (exact) mass is 320 g/mol. The lowest BCUT2D eigenvalue weighted by molar-refractivity contribution is 0.1000. The molecule has 3 amide bonds. The molecule has 126 valence electrons. The Kier molecular flexibility index (Phi) is 5.57. The van der Waals surface area contributed by atoms with Gasteiger partial charge in [0.2, 0.25) is 5.91 Å². The van der Waals surface area contributed by atoms with Crippen molar-refractivity contribution >= 4 is 11.9 Å². The fraction of sp³-hybridized carbons (Fsp3) is 0.500. The van der Waals surface area contributed by atoms with E-state index in [-0.39, 0.29) is 6.03 Å². The van der Waals surface area contributed by atoms with Crippen LogP contribution in [0.1, 0.15) is 15.9 Å². The number of hydrogen-bond acceptors (Lipinski definition) is 4. The minimum absolute atomic E-state index is 0.0864. The first-order chi connectivity index (χ1) is 10.9. The van der Waals surface area contributed by atoms with Gasteiger partial charge in [-0.1, -0.05) is 12.1 Å². The maximum absolute atomic E-state index is 12.0. The van der Waals surface area contributed by atoms with Crippen molar-refractivity contribution < 1.29 is 14.7 Å². The zero-order chi connectivity index (χ0) is 17.0. The third-order valence-corrected chi connectivity index (χ3v) is 3.88.